The van der Waals surface area contributed by atoms with Crippen molar-refractivity contribution in [2.75, 3.05) is 7.05 Å². The number of hydrogen-bond donors (Lipinski definition) is 1. The van der Waals surface area contributed by atoms with Gasteiger partial charge < -0.3 is 5.32 Å². The minimum Gasteiger partial charge on any atom is -0.309 e. The molecule has 0 spiro atoms. The molecule has 1 aromatic heterocycles. The van der Waals surface area contributed by atoms with Crippen molar-refractivity contribution in [2.45, 2.75) is 44.6 Å². The highest BCUT2D eigenvalue weighted by Crippen LogP contribution is 2.37. The lowest BCUT2D eigenvalue weighted by atomic mass is 9.77. The van der Waals surface area contributed by atoms with Crippen molar-refractivity contribution in [1.82, 2.24) is 10.3 Å². The Kier molecular flexibility index (Phi) is 3.50. The Hall–Kier alpha value is -0.600. The standard InChI is InChI=1S/C13H19ClN2/c1-3-8-13(15-2)9-4-5-10-6-7-11(14)16-12(10)13/h6-7,15H,3-5,8-9H2,1-2H3. The fraction of sp³-hybridized carbons (Fsp3) is 0.615. The number of nitrogens with one attached hydrogen (secondary N) is 1. The number of halogens is 1. The van der Waals surface area contributed by atoms with E-state index in [2.05, 4.69) is 23.3 Å². The number of rotatable bonds is 3. The molecule has 0 fully saturated rings. The van der Waals surface area contributed by atoms with Gasteiger partial charge >= 0.3 is 0 Å². The lowest BCUT2D eigenvalue weighted by Gasteiger charge is -2.38. The van der Waals surface area contributed by atoms with Crippen LogP contribution in [0.4, 0.5) is 0 Å². The van der Waals surface area contributed by atoms with Crippen molar-refractivity contribution in [2.24, 2.45) is 0 Å². The van der Waals surface area contributed by atoms with Crippen molar-refractivity contribution in [3.8, 4) is 0 Å². The van der Waals surface area contributed by atoms with Gasteiger partial charge in [-0.2, -0.15) is 0 Å². The Balaban J connectivity index is 2.47. The summed E-state index contributed by atoms with van der Waals surface area (Å²) < 4.78 is 0. The minimum atomic E-state index is 0.0488. The molecule has 1 aliphatic rings. The van der Waals surface area contributed by atoms with E-state index < -0.39 is 0 Å². The van der Waals surface area contributed by atoms with Crippen LogP contribution in [0, 0.1) is 0 Å². The summed E-state index contributed by atoms with van der Waals surface area (Å²) in [5, 5.41) is 4.09. The van der Waals surface area contributed by atoms with Crippen molar-refractivity contribution in [3.63, 3.8) is 0 Å². The second kappa shape index (κ2) is 4.72. The van der Waals surface area contributed by atoms with Gasteiger partial charge in [0.15, 0.2) is 0 Å². The highest BCUT2D eigenvalue weighted by atomic mass is 35.5. The van der Waals surface area contributed by atoms with E-state index in [9.17, 15) is 0 Å². The number of pyridine rings is 1. The van der Waals surface area contributed by atoms with Gasteiger partial charge in [0, 0.05) is 0 Å². The Bertz CT molecular complexity index is 378. The molecule has 2 rings (SSSR count). The van der Waals surface area contributed by atoms with Crippen molar-refractivity contribution in [1.29, 1.82) is 0 Å². The number of hydrogen-bond acceptors (Lipinski definition) is 2. The van der Waals surface area contributed by atoms with E-state index in [1.165, 1.54) is 17.7 Å². The first kappa shape index (κ1) is 11.9. The predicted octanol–water partition coefficient (Wildman–Crippen LogP) is 3.29. The monoisotopic (exact) mass is 238 g/mol. The first-order valence-corrected chi connectivity index (χ1v) is 6.44. The lowest BCUT2D eigenvalue weighted by Crippen LogP contribution is -2.43. The maximum atomic E-state index is 6.02. The molecule has 0 saturated heterocycles. The smallest absolute Gasteiger partial charge is 0.129 e. The summed E-state index contributed by atoms with van der Waals surface area (Å²) in [6.07, 6.45) is 5.82. The third-order valence-electron chi connectivity index (χ3n) is 3.60. The van der Waals surface area contributed by atoms with Gasteiger partial charge in [-0.25, -0.2) is 4.98 Å². The van der Waals surface area contributed by atoms with Gasteiger partial charge in [-0.15, -0.1) is 0 Å². The highest BCUT2D eigenvalue weighted by molar-refractivity contribution is 6.29. The van der Waals surface area contributed by atoms with Gasteiger partial charge in [-0.05, 0) is 44.4 Å². The van der Waals surface area contributed by atoms with E-state index in [1.807, 2.05) is 13.1 Å². The van der Waals surface area contributed by atoms with E-state index in [-0.39, 0.29) is 5.54 Å². The topological polar surface area (TPSA) is 24.9 Å². The zero-order valence-electron chi connectivity index (χ0n) is 10.0. The average molecular weight is 239 g/mol. The molecule has 88 valence electrons. The second-order valence-electron chi connectivity index (χ2n) is 4.58. The lowest BCUT2D eigenvalue weighted by molar-refractivity contribution is 0.272. The molecule has 1 unspecified atom stereocenters. The summed E-state index contributed by atoms with van der Waals surface area (Å²) in [7, 11) is 2.04. The molecule has 1 aromatic rings. The van der Waals surface area contributed by atoms with Gasteiger partial charge in [0.2, 0.25) is 0 Å². The van der Waals surface area contributed by atoms with Crippen molar-refractivity contribution in [3.05, 3.63) is 28.5 Å². The van der Waals surface area contributed by atoms with E-state index >= 15 is 0 Å². The second-order valence-corrected chi connectivity index (χ2v) is 4.96. The van der Waals surface area contributed by atoms with Crippen LogP contribution in [0.3, 0.4) is 0 Å². The number of nitrogens with zero attached hydrogens (tertiary/aromatic N) is 1. The van der Waals surface area contributed by atoms with Gasteiger partial charge in [0.25, 0.3) is 0 Å². The SMILES string of the molecule is CCCC1(NC)CCCc2ccc(Cl)nc21. The predicted molar refractivity (Wildman–Crippen MR) is 67.8 cm³/mol. The molecule has 0 amide bonds. The van der Waals surface area contributed by atoms with Crippen LogP contribution >= 0.6 is 11.6 Å². The molecule has 16 heavy (non-hydrogen) atoms. The molecule has 0 saturated carbocycles. The number of fused-ring (bicyclic) bond motifs is 1. The minimum absolute atomic E-state index is 0.0488. The zero-order valence-corrected chi connectivity index (χ0v) is 10.8. The van der Waals surface area contributed by atoms with Crippen LogP contribution in [0.5, 0.6) is 0 Å². The van der Waals surface area contributed by atoms with Crippen LogP contribution in [-0.2, 0) is 12.0 Å². The first-order valence-electron chi connectivity index (χ1n) is 6.06. The van der Waals surface area contributed by atoms with Crippen LogP contribution in [-0.4, -0.2) is 12.0 Å². The Morgan fingerprint density at radius 3 is 3.00 bits per heavy atom. The molecule has 2 nitrogen and oxygen atoms in total. The Morgan fingerprint density at radius 1 is 1.50 bits per heavy atom. The third kappa shape index (κ3) is 1.96. The quantitative estimate of drug-likeness (QED) is 0.818. The molecule has 0 bridgehead atoms. The fourth-order valence-corrected chi connectivity index (χ4v) is 2.97. The van der Waals surface area contributed by atoms with E-state index in [4.69, 9.17) is 11.6 Å². The molecular weight excluding hydrogens is 220 g/mol. The van der Waals surface area contributed by atoms with Gasteiger partial charge in [0.05, 0.1) is 11.2 Å². The molecule has 1 N–H and O–H groups in total. The Morgan fingerprint density at radius 2 is 2.31 bits per heavy atom. The summed E-state index contributed by atoms with van der Waals surface area (Å²) >= 11 is 6.02. The average Bonchev–Trinajstić information content (AvgIpc) is 2.30. The fourth-order valence-electron chi connectivity index (χ4n) is 2.82. The highest BCUT2D eigenvalue weighted by Gasteiger charge is 2.35. The molecule has 0 aromatic carbocycles. The molecule has 1 heterocycles. The largest absolute Gasteiger partial charge is 0.309 e. The van der Waals surface area contributed by atoms with Crippen LogP contribution in [0.15, 0.2) is 12.1 Å². The summed E-state index contributed by atoms with van der Waals surface area (Å²) in [5.74, 6) is 0. The van der Waals surface area contributed by atoms with Crippen LogP contribution in [0.2, 0.25) is 5.15 Å². The molecule has 1 aliphatic carbocycles. The van der Waals surface area contributed by atoms with Gasteiger partial charge in [-0.1, -0.05) is 31.0 Å². The first-order chi connectivity index (χ1) is 7.72. The summed E-state index contributed by atoms with van der Waals surface area (Å²) in [5.41, 5.74) is 2.58. The van der Waals surface area contributed by atoms with E-state index in [0.717, 1.165) is 25.7 Å². The summed E-state index contributed by atoms with van der Waals surface area (Å²) in [6, 6.07) is 4.03. The maximum Gasteiger partial charge on any atom is 0.129 e. The van der Waals surface area contributed by atoms with Gasteiger partial charge in [0.1, 0.15) is 5.15 Å². The molecule has 3 heteroatoms. The Labute approximate surface area is 102 Å². The van der Waals surface area contributed by atoms with Crippen LogP contribution in [0.25, 0.3) is 0 Å². The van der Waals surface area contributed by atoms with Gasteiger partial charge in [-0.3, -0.25) is 0 Å². The summed E-state index contributed by atoms with van der Waals surface area (Å²) in [4.78, 5) is 4.56. The molecule has 0 aliphatic heterocycles. The summed E-state index contributed by atoms with van der Waals surface area (Å²) in [6.45, 7) is 2.22. The van der Waals surface area contributed by atoms with Crippen LogP contribution < -0.4 is 5.32 Å². The van der Waals surface area contributed by atoms with E-state index in [0.29, 0.717) is 5.15 Å². The zero-order chi connectivity index (χ0) is 11.6. The molecule has 0 radical (unpaired) electrons. The molecule has 1 atom stereocenters. The van der Waals surface area contributed by atoms with Crippen molar-refractivity contribution < 1.29 is 0 Å². The number of aryl methyl sites for hydroxylation is 1. The third-order valence-corrected chi connectivity index (χ3v) is 3.81. The maximum absolute atomic E-state index is 6.02. The number of aromatic nitrogens is 1. The normalized spacial score (nSPS) is 24.2. The molecular formula is C13H19ClN2. The van der Waals surface area contributed by atoms with Crippen molar-refractivity contribution >= 4 is 11.6 Å². The van der Waals surface area contributed by atoms with E-state index in [1.54, 1.807) is 0 Å². The van der Waals surface area contributed by atoms with Crippen LogP contribution in [0.1, 0.15) is 43.9 Å².